The minimum absolute atomic E-state index is 0.138. The lowest BCUT2D eigenvalue weighted by Gasteiger charge is -2.37. The zero-order chi connectivity index (χ0) is 18.4. The fourth-order valence-corrected chi connectivity index (χ4v) is 3.47. The summed E-state index contributed by atoms with van der Waals surface area (Å²) in [5.41, 5.74) is 2.21. The van der Waals surface area contributed by atoms with Gasteiger partial charge in [-0.1, -0.05) is 37.3 Å². The van der Waals surface area contributed by atoms with Crippen LogP contribution in [0.1, 0.15) is 24.8 Å². The minimum atomic E-state index is -0.346. The standard InChI is InChI=1S/C21H26N2O3/c1-2-20(17-8-10-19(11-9-17)26-16-24)21(25)23-14-12-22(13-15-23)18-6-4-3-5-7-18/h3-11,20,24H,2,12-16H2,1H3. The number of anilines is 1. The van der Waals surface area contributed by atoms with Crippen LogP contribution in [0.15, 0.2) is 54.6 Å². The first kappa shape index (κ1) is 18.3. The molecule has 3 rings (SSSR count). The number of piperazine rings is 1. The fourth-order valence-electron chi connectivity index (χ4n) is 3.47. The zero-order valence-electron chi connectivity index (χ0n) is 15.2. The van der Waals surface area contributed by atoms with E-state index >= 15 is 0 Å². The second kappa shape index (κ2) is 8.72. The van der Waals surface area contributed by atoms with E-state index < -0.39 is 0 Å². The maximum atomic E-state index is 13.0. The van der Waals surface area contributed by atoms with Crippen LogP contribution in [0.25, 0.3) is 0 Å². The van der Waals surface area contributed by atoms with Gasteiger partial charge in [-0.25, -0.2) is 0 Å². The first-order valence-corrected chi connectivity index (χ1v) is 9.15. The topological polar surface area (TPSA) is 53.0 Å². The van der Waals surface area contributed by atoms with Crippen molar-refractivity contribution >= 4 is 11.6 Å². The number of nitrogens with zero attached hydrogens (tertiary/aromatic N) is 2. The quantitative estimate of drug-likeness (QED) is 0.811. The van der Waals surface area contributed by atoms with Gasteiger partial charge in [0.25, 0.3) is 0 Å². The summed E-state index contributed by atoms with van der Waals surface area (Å²) in [6.45, 7) is 4.90. The summed E-state index contributed by atoms with van der Waals surface area (Å²) in [6.07, 6.45) is 0.762. The number of carbonyl (C=O) groups excluding carboxylic acids is 1. The molecule has 2 aromatic rings. The number of hydrogen-bond donors (Lipinski definition) is 1. The van der Waals surface area contributed by atoms with E-state index in [1.54, 1.807) is 12.1 Å². The molecule has 138 valence electrons. The largest absolute Gasteiger partial charge is 0.468 e. The van der Waals surface area contributed by atoms with Gasteiger partial charge in [0.15, 0.2) is 6.79 Å². The second-order valence-corrected chi connectivity index (χ2v) is 6.45. The van der Waals surface area contributed by atoms with Crippen LogP contribution in [0.4, 0.5) is 5.69 Å². The summed E-state index contributed by atoms with van der Waals surface area (Å²) in [6, 6.07) is 17.8. The smallest absolute Gasteiger partial charge is 0.230 e. The van der Waals surface area contributed by atoms with Crippen molar-refractivity contribution in [2.24, 2.45) is 0 Å². The number of aliphatic hydroxyl groups is 1. The monoisotopic (exact) mass is 354 g/mol. The third-order valence-corrected chi connectivity index (χ3v) is 4.93. The maximum Gasteiger partial charge on any atom is 0.230 e. The number of ether oxygens (including phenoxy) is 1. The van der Waals surface area contributed by atoms with Gasteiger partial charge in [-0.2, -0.15) is 0 Å². The molecular weight excluding hydrogens is 328 g/mol. The molecule has 2 aromatic carbocycles. The summed E-state index contributed by atoms with van der Waals surface area (Å²) in [4.78, 5) is 17.3. The molecule has 1 saturated heterocycles. The second-order valence-electron chi connectivity index (χ2n) is 6.45. The summed E-state index contributed by atoms with van der Waals surface area (Å²) in [5.74, 6) is 0.660. The Hall–Kier alpha value is -2.53. The van der Waals surface area contributed by atoms with E-state index in [0.29, 0.717) is 5.75 Å². The number of para-hydroxylation sites is 1. The van der Waals surface area contributed by atoms with Crippen molar-refractivity contribution in [1.82, 2.24) is 4.90 Å². The molecule has 0 aromatic heterocycles. The number of carbonyl (C=O) groups is 1. The van der Waals surface area contributed by atoms with Crippen LogP contribution in [-0.2, 0) is 4.79 Å². The minimum Gasteiger partial charge on any atom is -0.468 e. The Morgan fingerprint density at radius 1 is 1.04 bits per heavy atom. The summed E-state index contributed by atoms with van der Waals surface area (Å²) in [7, 11) is 0. The van der Waals surface area contributed by atoms with Crippen LogP contribution < -0.4 is 9.64 Å². The fraction of sp³-hybridized carbons (Fsp3) is 0.381. The summed E-state index contributed by atoms with van der Waals surface area (Å²) < 4.78 is 5.06. The average Bonchev–Trinajstić information content (AvgIpc) is 2.71. The van der Waals surface area contributed by atoms with Crippen LogP contribution >= 0.6 is 0 Å². The molecule has 1 N–H and O–H groups in total. The highest BCUT2D eigenvalue weighted by Gasteiger charge is 2.27. The molecule has 5 heteroatoms. The molecule has 0 bridgehead atoms. The molecule has 1 atom stereocenters. The van der Waals surface area contributed by atoms with Crippen molar-refractivity contribution in [3.63, 3.8) is 0 Å². The first-order valence-electron chi connectivity index (χ1n) is 9.15. The Labute approximate surface area is 154 Å². The molecule has 1 heterocycles. The van der Waals surface area contributed by atoms with Gasteiger partial charge in [0.1, 0.15) is 5.75 Å². The number of aliphatic hydroxyl groups excluding tert-OH is 1. The van der Waals surface area contributed by atoms with Gasteiger partial charge in [-0.15, -0.1) is 0 Å². The van der Waals surface area contributed by atoms with E-state index in [0.717, 1.165) is 38.2 Å². The molecule has 0 radical (unpaired) electrons. The number of benzene rings is 2. The Bertz CT molecular complexity index is 695. The van der Waals surface area contributed by atoms with Crippen molar-refractivity contribution in [3.8, 4) is 5.75 Å². The van der Waals surface area contributed by atoms with E-state index in [9.17, 15) is 4.79 Å². The molecule has 0 spiro atoms. The third-order valence-electron chi connectivity index (χ3n) is 4.93. The SMILES string of the molecule is CCC(C(=O)N1CCN(c2ccccc2)CC1)c1ccc(OCO)cc1. The van der Waals surface area contributed by atoms with Crippen molar-refractivity contribution < 1.29 is 14.6 Å². The van der Waals surface area contributed by atoms with E-state index in [2.05, 4.69) is 17.0 Å². The lowest BCUT2D eigenvalue weighted by atomic mass is 9.94. The first-order chi connectivity index (χ1) is 12.7. The van der Waals surface area contributed by atoms with Gasteiger partial charge in [0.05, 0.1) is 5.92 Å². The Morgan fingerprint density at radius 2 is 1.69 bits per heavy atom. The highest BCUT2D eigenvalue weighted by molar-refractivity contribution is 5.84. The van der Waals surface area contributed by atoms with Crippen molar-refractivity contribution in [3.05, 3.63) is 60.2 Å². The zero-order valence-corrected chi connectivity index (χ0v) is 15.2. The van der Waals surface area contributed by atoms with Gasteiger partial charge in [-0.3, -0.25) is 4.79 Å². The highest BCUT2D eigenvalue weighted by Crippen LogP contribution is 2.25. The molecule has 1 fully saturated rings. The molecular formula is C21H26N2O3. The van der Waals surface area contributed by atoms with Crippen LogP contribution in [0.3, 0.4) is 0 Å². The van der Waals surface area contributed by atoms with Crippen LogP contribution in [-0.4, -0.2) is 48.9 Å². The summed E-state index contributed by atoms with van der Waals surface area (Å²) >= 11 is 0. The van der Waals surface area contributed by atoms with Crippen molar-refractivity contribution in [1.29, 1.82) is 0 Å². The molecule has 0 aliphatic carbocycles. The molecule has 5 nitrogen and oxygen atoms in total. The van der Waals surface area contributed by atoms with E-state index in [4.69, 9.17) is 9.84 Å². The highest BCUT2D eigenvalue weighted by atomic mass is 16.6. The van der Waals surface area contributed by atoms with Gasteiger partial charge in [-0.05, 0) is 36.2 Å². The molecule has 1 aliphatic heterocycles. The van der Waals surface area contributed by atoms with E-state index in [-0.39, 0.29) is 18.6 Å². The van der Waals surface area contributed by atoms with Crippen LogP contribution in [0.2, 0.25) is 0 Å². The molecule has 1 unspecified atom stereocenters. The van der Waals surface area contributed by atoms with Gasteiger partial charge in [0, 0.05) is 31.9 Å². The average molecular weight is 354 g/mol. The number of rotatable bonds is 6. The molecule has 26 heavy (non-hydrogen) atoms. The number of hydrogen-bond acceptors (Lipinski definition) is 4. The number of amides is 1. The molecule has 1 amide bonds. The van der Waals surface area contributed by atoms with Crippen molar-refractivity contribution in [2.45, 2.75) is 19.3 Å². The third kappa shape index (κ3) is 4.17. The normalized spacial score (nSPS) is 15.6. The van der Waals surface area contributed by atoms with E-state index in [1.807, 2.05) is 42.2 Å². The predicted molar refractivity (Wildman–Crippen MR) is 102 cm³/mol. The van der Waals surface area contributed by atoms with Crippen molar-refractivity contribution in [2.75, 3.05) is 37.9 Å². The predicted octanol–water partition coefficient (Wildman–Crippen LogP) is 2.86. The Morgan fingerprint density at radius 3 is 2.27 bits per heavy atom. The molecule has 0 saturated carbocycles. The maximum absolute atomic E-state index is 13.0. The van der Waals surface area contributed by atoms with Gasteiger partial charge >= 0.3 is 0 Å². The van der Waals surface area contributed by atoms with Crippen LogP contribution in [0, 0.1) is 0 Å². The lowest BCUT2D eigenvalue weighted by Crippen LogP contribution is -2.50. The van der Waals surface area contributed by atoms with E-state index in [1.165, 1.54) is 5.69 Å². The lowest BCUT2D eigenvalue weighted by molar-refractivity contribution is -0.133. The van der Waals surface area contributed by atoms with Gasteiger partial charge < -0.3 is 19.6 Å². The Balaban J connectivity index is 1.62. The van der Waals surface area contributed by atoms with Crippen LogP contribution in [0.5, 0.6) is 5.75 Å². The molecule has 1 aliphatic rings. The summed E-state index contributed by atoms with van der Waals surface area (Å²) in [5, 5.41) is 8.82. The van der Waals surface area contributed by atoms with Gasteiger partial charge in [0.2, 0.25) is 5.91 Å². The Kier molecular flexibility index (Phi) is 6.12.